The van der Waals surface area contributed by atoms with Gasteiger partial charge in [-0.05, 0) is 61.9 Å². The summed E-state index contributed by atoms with van der Waals surface area (Å²) in [5, 5.41) is 1.02. The smallest absolute Gasteiger partial charge is 0.123 e. The first-order chi connectivity index (χ1) is 12.0. The number of aryl methyl sites for hydroxylation is 1. The molecule has 0 radical (unpaired) electrons. The van der Waals surface area contributed by atoms with Gasteiger partial charge in [0.1, 0.15) is 5.82 Å². The number of hydrogen-bond donors (Lipinski definition) is 0. The van der Waals surface area contributed by atoms with E-state index in [9.17, 15) is 4.39 Å². The summed E-state index contributed by atoms with van der Waals surface area (Å²) in [6.07, 6.45) is 5.04. The lowest BCUT2D eigenvalue weighted by atomic mass is 10.0. The largest absolute Gasteiger partial charge is 0.320 e. The minimum Gasteiger partial charge on any atom is -0.320 e. The van der Waals surface area contributed by atoms with E-state index in [1.54, 1.807) is 12.1 Å². The summed E-state index contributed by atoms with van der Waals surface area (Å²) < 4.78 is 16.1. The predicted molar refractivity (Wildman–Crippen MR) is 101 cm³/mol. The zero-order chi connectivity index (χ0) is 17.6. The third-order valence-electron chi connectivity index (χ3n) is 5.03. The Bertz CT molecular complexity index is 967. The lowest BCUT2D eigenvalue weighted by molar-refractivity contribution is 0.312. The summed E-state index contributed by atoms with van der Waals surface area (Å²) in [5.41, 5.74) is 6.87. The molecule has 128 valence electrons. The van der Waals surface area contributed by atoms with Crippen molar-refractivity contribution in [2.24, 2.45) is 0 Å². The van der Waals surface area contributed by atoms with E-state index >= 15 is 0 Å². The first kappa shape index (κ1) is 16.0. The van der Waals surface area contributed by atoms with E-state index in [0.29, 0.717) is 0 Å². The number of aromatic nitrogens is 2. The molecule has 0 saturated carbocycles. The van der Waals surface area contributed by atoms with Crippen molar-refractivity contribution in [2.75, 3.05) is 13.6 Å². The highest BCUT2D eigenvalue weighted by Crippen LogP contribution is 2.32. The van der Waals surface area contributed by atoms with Crippen molar-refractivity contribution in [3.05, 3.63) is 64.9 Å². The predicted octanol–water partition coefficient (Wildman–Crippen LogP) is 4.49. The molecule has 3 heterocycles. The summed E-state index contributed by atoms with van der Waals surface area (Å²) >= 11 is 0. The molecule has 4 rings (SSSR count). The van der Waals surface area contributed by atoms with Gasteiger partial charge in [0.25, 0.3) is 0 Å². The van der Waals surface area contributed by atoms with Crippen molar-refractivity contribution in [1.29, 1.82) is 0 Å². The first-order valence-corrected chi connectivity index (χ1v) is 8.64. The second kappa shape index (κ2) is 6.12. The number of pyridine rings is 1. The Morgan fingerprint density at radius 1 is 1.24 bits per heavy atom. The van der Waals surface area contributed by atoms with Crippen LogP contribution in [0.2, 0.25) is 0 Å². The molecule has 0 spiro atoms. The highest BCUT2D eigenvalue weighted by Gasteiger charge is 2.22. The van der Waals surface area contributed by atoms with Crippen molar-refractivity contribution < 1.29 is 4.39 Å². The zero-order valence-electron chi connectivity index (χ0n) is 14.9. The highest BCUT2D eigenvalue weighted by atomic mass is 19.1. The van der Waals surface area contributed by atoms with Gasteiger partial charge in [0.05, 0.1) is 5.52 Å². The van der Waals surface area contributed by atoms with Gasteiger partial charge in [0, 0.05) is 48.7 Å². The SMILES string of the molecule is C/C(=C/n1c2c(c3cc(F)ccc31)CN(C)CC2)c1ccc(C)nc1. The molecule has 4 heteroatoms. The number of halogens is 1. The number of nitrogens with zero attached hydrogens (tertiary/aromatic N) is 3. The normalized spacial score (nSPS) is 15.6. The number of allylic oxidation sites excluding steroid dienone is 1. The molecular weight excluding hydrogens is 313 g/mol. The van der Waals surface area contributed by atoms with Crippen LogP contribution >= 0.6 is 0 Å². The molecule has 0 amide bonds. The lowest BCUT2D eigenvalue weighted by Gasteiger charge is -2.23. The Kier molecular flexibility index (Phi) is 3.92. The van der Waals surface area contributed by atoms with Gasteiger partial charge in [-0.1, -0.05) is 6.07 Å². The van der Waals surface area contributed by atoms with Crippen molar-refractivity contribution in [2.45, 2.75) is 26.8 Å². The topological polar surface area (TPSA) is 21.1 Å². The second-order valence-electron chi connectivity index (χ2n) is 6.94. The Morgan fingerprint density at radius 2 is 2.08 bits per heavy atom. The fourth-order valence-corrected chi connectivity index (χ4v) is 3.62. The number of fused-ring (bicyclic) bond motifs is 3. The van der Waals surface area contributed by atoms with Crippen molar-refractivity contribution in [3.63, 3.8) is 0 Å². The standard InChI is InChI=1S/C21H22FN3/c1-14(16-5-4-15(2)23-11-16)12-25-20-7-6-17(22)10-18(20)19-13-24(3)9-8-21(19)25/h4-7,10-12H,8-9,13H2,1-3H3/b14-12-. The van der Waals surface area contributed by atoms with Crippen LogP contribution in [-0.4, -0.2) is 28.0 Å². The molecule has 0 N–H and O–H groups in total. The van der Waals surface area contributed by atoms with Crippen LogP contribution in [0.25, 0.3) is 22.7 Å². The average Bonchev–Trinajstić information content (AvgIpc) is 2.88. The van der Waals surface area contributed by atoms with Gasteiger partial charge in [0.15, 0.2) is 0 Å². The van der Waals surface area contributed by atoms with Gasteiger partial charge < -0.3 is 9.47 Å². The molecular formula is C21H22FN3. The van der Waals surface area contributed by atoms with E-state index < -0.39 is 0 Å². The monoisotopic (exact) mass is 335 g/mol. The summed E-state index contributed by atoms with van der Waals surface area (Å²) in [4.78, 5) is 6.68. The van der Waals surface area contributed by atoms with Crippen molar-refractivity contribution in [3.8, 4) is 0 Å². The van der Waals surface area contributed by atoms with Gasteiger partial charge in [-0.2, -0.15) is 0 Å². The minimum atomic E-state index is -0.177. The fraction of sp³-hybridized carbons (Fsp3) is 0.286. The highest BCUT2D eigenvalue weighted by molar-refractivity contribution is 5.90. The third kappa shape index (κ3) is 2.87. The second-order valence-corrected chi connectivity index (χ2v) is 6.94. The van der Waals surface area contributed by atoms with E-state index in [-0.39, 0.29) is 5.82 Å². The molecule has 25 heavy (non-hydrogen) atoms. The zero-order valence-corrected chi connectivity index (χ0v) is 14.9. The molecule has 0 bridgehead atoms. The van der Waals surface area contributed by atoms with E-state index in [4.69, 9.17) is 0 Å². The van der Waals surface area contributed by atoms with Gasteiger partial charge in [-0.15, -0.1) is 0 Å². The Balaban J connectivity index is 1.89. The Labute approximate surface area is 147 Å². The third-order valence-corrected chi connectivity index (χ3v) is 5.03. The maximum Gasteiger partial charge on any atom is 0.123 e. The molecule has 0 atom stereocenters. The van der Waals surface area contributed by atoms with Crippen LogP contribution in [0.1, 0.15) is 29.4 Å². The fourth-order valence-electron chi connectivity index (χ4n) is 3.62. The summed E-state index contributed by atoms with van der Waals surface area (Å²) in [6.45, 7) is 5.97. The van der Waals surface area contributed by atoms with Crippen LogP contribution in [0.4, 0.5) is 4.39 Å². The number of rotatable bonds is 2. The lowest BCUT2D eigenvalue weighted by Crippen LogP contribution is -2.26. The summed E-state index contributed by atoms with van der Waals surface area (Å²) in [5.74, 6) is -0.177. The van der Waals surface area contributed by atoms with Crippen LogP contribution in [0.3, 0.4) is 0 Å². The molecule has 3 nitrogen and oxygen atoms in total. The van der Waals surface area contributed by atoms with Gasteiger partial charge in [0.2, 0.25) is 0 Å². The average molecular weight is 335 g/mol. The maximum atomic E-state index is 13.8. The van der Waals surface area contributed by atoms with E-state index in [0.717, 1.165) is 47.2 Å². The number of likely N-dealkylation sites (N-methyl/N-ethyl adjacent to an activating group) is 1. The first-order valence-electron chi connectivity index (χ1n) is 8.64. The minimum absolute atomic E-state index is 0.177. The molecule has 2 aromatic heterocycles. The summed E-state index contributed by atoms with van der Waals surface area (Å²) in [7, 11) is 2.12. The van der Waals surface area contributed by atoms with Crippen molar-refractivity contribution >= 4 is 22.7 Å². The van der Waals surface area contributed by atoms with Gasteiger partial charge in [-0.3, -0.25) is 4.98 Å². The molecule has 1 aliphatic rings. The van der Waals surface area contributed by atoms with E-state index in [1.807, 2.05) is 25.3 Å². The van der Waals surface area contributed by atoms with Gasteiger partial charge in [-0.25, -0.2) is 4.39 Å². The molecule has 1 aromatic carbocycles. The van der Waals surface area contributed by atoms with E-state index in [1.165, 1.54) is 11.3 Å². The number of hydrogen-bond acceptors (Lipinski definition) is 2. The summed E-state index contributed by atoms with van der Waals surface area (Å²) in [6, 6.07) is 9.23. The molecule has 0 aliphatic carbocycles. The molecule has 0 saturated heterocycles. The number of benzene rings is 1. The quantitative estimate of drug-likeness (QED) is 0.688. The maximum absolute atomic E-state index is 13.8. The molecule has 0 fully saturated rings. The van der Waals surface area contributed by atoms with Crippen LogP contribution in [0, 0.1) is 12.7 Å². The van der Waals surface area contributed by atoms with E-state index in [2.05, 4.69) is 40.7 Å². The van der Waals surface area contributed by atoms with Crippen LogP contribution < -0.4 is 0 Å². The van der Waals surface area contributed by atoms with Crippen LogP contribution in [0.15, 0.2) is 36.5 Å². The van der Waals surface area contributed by atoms with Crippen LogP contribution in [0.5, 0.6) is 0 Å². The Morgan fingerprint density at radius 3 is 2.84 bits per heavy atom. The molecule has 0 unspecified atom stereocenters. The molecule has 1 aliphatic heterocycles. The molecule has 3 aromatic rings. The van der Waals surface area contributed by atoms with Crippen LogP contribution in [-0.2, 0) is 13.0 Å². The van der Waals surface area contributed by atoms with Crippen molar-refractivity contribution in [1.82, 2.24) is 14.5 Å². The Hall–Kier alpha value is -2.46. The van der Waals surface area contributed by atoms with Gasteiger partial charge >= 0.3 is 0 Å².